The molecule has 20 heavy (non-hydrogen) atoms. The van der Waals surface area contributed by atoms with Crippen LogP contribution in [-0.2, 0) is 6.54 Å². The largest absolute Gasteiger partial charge is 0.299 e. The van der Waals surface area contributed by atoms with Crippen molar-refractivity contribution in [1.29, 1.82) is 0 Å². The van der Waals surface area contributed by atoms with Crippen molar-refractivity contribution in [3.63, 3.8) is 0 Å². The molecule has 0 atom stereocenters. The Morgan fingerprint density at radius 1 is 1.05 bits per heavy atom. The molecule has 1 aromatic heterocycles. The van der Waals surface area contributed by atoms with E-state index in [1.54, 1.807) is 0 Å². The van der Waals surface area contributed by atoms with E-state index in [4.69, 9.17) is 0 Å². The Balaban J connectivity index is 1.55. The summed E-state index contributed by atoms with van der Waals surface area (Å²) in [5.74, 6) is 1.55. The third-order valence-electron chi connectivity index (χ3n) is 4.00. The molecule has 0 bridgehead atoms. The zero-order valence-corrected chi connectivity index (χ0v) is 12.0. The number of nitrogens with zero attached hydrogens (tertiary/aromatic N) is 3. The van der Waals surface area contributed by atoms with E-state index < -0.39 is 0 Å². The van der Waals surface area contributed by atoms with E-state index in [-0.39, 0.29) is 0 Å². The molecule has 0 spiro atoms. The topological polar surface area (TPSA) is 29.0 Å². The van der Waals surface area contributed by atoms with E-state index in [9.17, 15) is 0 Å². The third-order valence-corrected chi connectivity index (χ3v) is 4.00. The van der Waals surface area contributed by atoms with Gasteiger partial charge in [0.25, 0.3) is 0 Å². The Hall–Kier alpha value is -1.74. The van der Waals surface area contributed by atoms with Crippen molar-refractivity contribution in [2.24, 2.45) is 0 Å². The standard InChI is InChI=1S/C17H21N3/c1-14-11-18-17(19-12-14)16-7-9-20(10-8-16)13-15-5-3-2-4-6-15/h2-6,11-12,16H,7-10,13H2,1H3. The Bertz CT molecular complexity index is 528. The van der Waals surface area contributed by atoms with E-state index in [1.165, 1.54) is 5.56 Å². The van der Waals surface area contributed by atoms with Crippen molar-refractivity contribution in [2.75, 3.05) is 13.1 Å². The number of aryl methyl sites for hydroxylation is 1. The van der Waals surface area contributed by atoms with E-state index in [0.29, 0.717) is 5.92 Å². The van der Waals surface area contributed by atoms with Gasteiger partial charge in [-0.2, -0.15) is 0 Å². The van der Waals surface area contributed by atoms with Crippen LogP contribution in [0, 0.1) is 6.92 Å². The van der Waals surface area contributed by atoms with Crippen LogP contribution >= 0.6 is 0 Å². The molecule has 104 valence electrons. The molecular weight excluding hydrogens is 246 g/mol. The molecule has 0 N–H and O–H groups in total. The van der Waals surface area contributed by atoms with Crippen LogP contribution in [0.5, 0.6) is 0 Å². The first-order chi connectivity index (χ1) is 9.81. The first-order valence-electron chi connectivity index (χ1n) is 7.36. The van der Waals surface area contributed by atoms with Gasteiger partial charge in [-0.05, 0) is 44.0 Å². The van der Waals surface area contributed by atoms with Crippen LogP contribution < -0.4 is 0 Å². The Morgan fingerprint density at radius 2 is 1.70 bits per heavy atom. The maximum atomic E-state index is 4.48. The second-order valence-electron chi connectivity index (χ2n) is 5.65. The van der Waals surface area contributed by atoms with Gasteiger partial charge in [0.2, 0.25) is 0 Å². The molecule has 2 aromatic rings. The summed E-state index contributed by atoms with van der Waals surface area (Å²) in [6.07, 6.45) is 6.18. The van der Waals surface area contributed by atoms with Gasteiger partial charge in [0.15, 0.2) is 0 Å². The number of benzene rings is 1. The van der Waals surface area contributed by atoms with Crippen LogP contribution in [-0.4, -0.2) is 28.0 Å². The highest BCUT2D eigenvalue weighted by Gasteiger charge is 2.22. The highest BCUT2D eigenvalue weighted by atomic mass is 15.1. The Morgan fingerprint density at radius 3 is 2.35 bits per heavy atom. The molecule has 3 nitrogen and oxygen atoms in total. The zero-order chi connectivity index (χ0) is 13.8. The van der Waals surface area contributed by atoms with Gasteiger partial charge in [-0.25, -0.2) is 9.97 Å². The summed E-state index contributed by atoms with van der Waals surface area (Å²) in [5, 5.41) is 0. The van der Waals surface area contributed by atoms with Gasteiger partial charge in [0.05, 0.1) is 0 Å². The maximum absolute atomic E-state index is 4.48. The van der Waals surface area contributed by atoms with Crippen molar-refractivity contribution in [1.82, 2.24) is 14.9 Å². The van der Waals surface area contributed by atoms with Gasteiger partial charge in [0, 0.05) is 24.9 Å². The Labute approximate surface area is 120 Å². The fraction of sp³-hybridized carbons (Fsp3) is 0.412. The monoisotopic (exact) mass is 267 g/mol. The summed E-state index contributed by atoms with van der Waals surface area (Å²) in [4.78, 5) is 11.5. The average molecular weight is 267 g/mol. The van der Waals surface area contributed by atoms with Crippen LogP contribution in [0.15, 0.2) is 42.7 Å². The van der Waals surface area contributed by atoms with E-state index in [1.807, 2.05) is 19.3 Å². The van der Waals surface area contributed by atoms with Crippen LogP contribution in [0.1, 0.15) is 35.7 Å². The molecule has 1 aliphatic heterocycles. The number of hydrogen-bond donors (Lipinski definition) is 0. The summed E-state index contributed by atoms with van der Waals surface area (Å²) < 4.78 is 0. The molecule has 0 aliphatic carbocycles. The number of aromatic nitrogens is 2. The van der Waals surface area contributed by atoms with Gasteiger partial charge < -0.3 is 0 Å². The molecule has 0 radical (unpaired) electrons. The molecule has 1 aliphatic rings. The molecule has 2 heterocycles. The van der Waals surface area contributed by atoms with Gasteiger partial charge >= 0.3 is 0 Å². The smallest absolute Gasteiger partial charge is 0.131 e. The summed E-state index contributed by atoms with van der Waals surface area (Å²) in [5.41, 5.74) is 2.53. The molecule has 3 rings (SSSR count). The molecule has 3 heteroatoms. The summed E-state index contributed by atoms with van der Waals surface area (Å²) in [6.45, 7) is 5.36. The quantitative estimate of drug-likeness (QED) is 0.855. The van der Waals surface area contributed by atoms with Crippen molar-refractivity contribution in [3.8, 4) is 0 Å². The fourth-order valence-electron chi connectivity index (χ4n) is 2.80. The molecule has 0 saturated carbocycles. The minimum Gasteiger partial charge on any atom is -0.299 e. The van der Waals surface area contributed by atoms with Crippen molar-refractivity contribution >= 4 is 0 Å². The van der Waals surface area contributed by atoms with Crippen LogP contribution in [0.4, 0.5) is 0 Å². The number of piperidine rings is 1. The minimum absolute atomic E-state index is 0.530. The lowest BCUT2D eigenvalue weighted by Crippen LogP contribution is -2.32. The highest BCUT2D eigenvalue weighted by Crippen LogP contribution is 2.26. The fourth-order valence-corrected chi connectivity index (χ4v) is 2.80. The lowest BCUT2D eigenvalue weighted by molar-refractivity contribution is 0.201. The second kappa shape index (κ2) is 6.14. The summed E-state index contributed by atoms with van der Waals surface area (Å²) >= 11 is 0. The van der Waals surface area contributed by atoms with Crippen molar-refractivity contribution < 1.29 is 0 Å². The van der Waals surface area contributed by atoms with Crippen molar-refractivity contribution in [3.05, 3.63) is 59.7 Å². The Kier molecular flexibility index (Phi) is 4.07. The van der Waals surface area contributed by atoms with Gasteiger partial charge in [-0.3, -0.25) is 4.90 Å². The average Bonchev–Trinajstić information content (AvgIpc) is 2.50. The number of rotatable bonds is 3. The third kappa shape index (κ3) is 3.23. The van der Waals surface area contributed by atoms with Gasteiger partial charge in [-0.15, -0.1) is 0 Å². The summed E-state index contributed by atoms with van der Waals surface area (Å²) in [6, 6.07) is 10.7. The molecule has 1 fully saturated rings. The lowest BCUT2D eigenvalue weighted by Gasteiger charge is -2.31. The van der Waals surface area contributed by atoms with E-state index >= 15 is 0 Å². The molecule has 1 aromatic carbocycles. The van der Waals surface area contributed by atoms with Gasteiger partial charge in [0.1, 0.15) is 5.82 Å². The first-order valence-corrected chi connectivity index (χ1v) is 7.36. The minimum atomic E-state index is 0.530. The summed E-state index contributed by atoms with van der Waals surface area (Å²) in [7, 11) is 0. The van der Waals surface area contributed by atoms with E-state index in [2.05, 4.69) is 45.2 Å². The highest BCUT2D eigenvalue weighted by molar-refractivity contribution is 5.14. The normalized spacial score (nSPS) is 17.2. The van der Waals surface area contributed by atoms with Crippen molar-refractivity contribution in [2.45, 2.75) is 32.2 Å². The molecular formula is C17H21N3. The first kappa shape index (κ1) is 13.3. The van der Waals surface area contributed by atoms with Gasteiger partial charge in [-0.1, -0.05) is 30.3 Å². The van der Waals surface area contributed by atoms with Crippen LogP contribution in [0.3, 0.4) is 0 Å². The molecule has 0 amide bonds. The predicted molar refractivity (Wildman–Crippen MR) is 80.5 cm³/mol. The predicted octanol–water partition coefficient (Wildman–Crippen LogP) is 3.16. The number of hydrogen-bond acceptors (Lipinski definition) is 3. The second-order valence-corrected chi connectivity index (χ2v) is 5.65. The maximum Gasteiger partial charge on any atom is 0.131 e. The number of likely N-dealkylation sites (tertiary alicyclic amines) is 1. The zero-order valence-electron chi connectivity index (χ0n) is 12.0. The van der Waals surface area contributed by atoms with Crippen LogP contribution in [0.25, 0.3) is 0 Å². The molecule has 1 saturated heterocycles. The lowest BCUT2D eigenvalue weighted by atomic mass is 9.95. The molecule has 0 unspecified atom stereocenters. The van der Waals surface area contributed by atoms with E-state index in [0.717, 1.165) is 43.9 Å². The SMILES string of the molecule is Cc1cnc(C2CCN(Cc3ccccc3)CC2)nc1. The van der Waals surface area contributed by atoms with Crippen LogP contribution in [0.2, 0.25) is 0 Å².